The van der Waals surface area contributed by atoms with Gasteiger partial charge in [0.1, 0.15) is 5.76 Å². The summed E-state index contributed by atoms with van der Waals surface area (Å²) in [6.45, 7) is 5.55. The van der Waals surface area contributed by atoms with E-state index in [-0.39, 0.29) is 18.2 Å². The molecule has 1 fully saturated rings. The van der Waals surface area contributed by atoms with Crippen LogP contribution in [0.25, 0.3) is 0 Å². The van der Waals surface area contributed by atoms with Crippen molar-refractivity contribution in [1.29, 1.82) is 0 Å². The molecule has 1 aromatic rings. The van der Waals surface area contributed by atoms with Gasteiger partial charge < -0.3 is 28.8 Å². The summed E-state index contributed by atoms with van der Waals surface area (Å²) in [7, 11) is 2.81. The smallest absolute Gasteiger partial charge is 0.339 e. The number of carbonyl (C=O) groups excluding carboxylic acids is 2. The molecule has 0 aromatic heterocycles. The first-order valence-electron chi connectivity index (χ1n) is 12.7. The summed E-state index contributed by atoms with van der Waals surface area (Å²) in [6, 6.07) is 4.04. The molecule has 9 nitrogen and oxygen atoms in total. The number of rotatable bonds is 7. The summed E-state index contributed by atoms with van der Waals surface area (Å²) >= 11 is 0. The number of methoxy groups -OCH3 is 2. The highest BCUT2D eigenvalue weighted by Gasteiger charge is 2.59. The zero-order chi connectivity index (χ0) is 25.7. The number of benzene rings is 1. The van der Waals surface area contributed by atoms with Crippen LogP contribution < -0.4 is 9.47 Å². The molecule has 0 amide bonds. The van der Waals surface area contributed by atoms with Gasteiger partial charge in [0.2, 0.25) is 6.79 Å². The van der Waals surface area contributed by atoms with Gasteiger partial charge in [0.25, 0.3) is 0 Å². The molecule has 1 saturated heterocycles. The molecule has 9 heteroatoms. The van der Waals surface area contributed by atoms with Gasteiger partial charge in [0.15, 0.2) is 23.2 Å². The highest BCUT2D eigenvalue weighted by Crippen LogP contribution is 2.55. The van der Waals surface area contributed by atoms with E-state index < -0.39 is 36.0 Å². The Morgan fingerprint density at radius 3 is 2.69 bits per heavy atom. The van der Waals surface area contributed by atoms with Gasteiger partial charge in [-0.2, -0.15) is 0 Å². The summed E-state index contributed by atoms with van der Waals surface area (Å²) in [4.78, 5) is 28.3. The fraction of sp³-hybridized carbons (Fsp3) is 0.630. The number of hydrogen-bond donors (Lipinski definition) is 1. The normalized spacial score (nSPS) is 28.6. The Kier molecular flexibility index (Phi) is 6.41. The van der Waals surface area contributed by atoms with Crippen LogP contribution in [-0.2, 0) is 30.2 Å². The van der Waals surface area contributed by atoms with Crippen molar-refractivity contribution < 1.29 is 38.4 Å². The Hall–Kier alpha value is -2.78. The Labute approximate surface area is 211 Å². The number of esters is 2. The minimum absolute atomic E-state index is 0.176. The maximum absolute atomic E-state index is 13.7. The minimum Gasteiger partial charge on any atom is -0.497 e. The highest BCUT2D eigenvalue weighted by atomic mass is 16.7. The van der Waals surface area contributed by atoms with Crippen molar-refractivity contribution in [2.75, 3.05) is 34.1 Å². The first-order valence-corrected chi connectivity index (χ1v) is 12.7. The van der Waals surface area contributed by atoms with Crippen LogP contribution >= 0.6 is 0 Å². The third-order valence-corrected chi connectivity index (χ3v) is 8.62. The van der Waals surface area contributed by atoms with E-state index in [1.54, 1.807) is 14.0 Å². The van der Waals surface area contributed by atoms with Crippen molar-refractivity contribution in [2.24, 2.45) is 5.92 Å². The first-order chi connectivity index (χ1) is 17.3. The average molecular weight is 502 g/mol. The quantitative estimate of drug-likeness (QED) is 0.565. The monoisotopic (exact) mass is 501 g/mol. The molecule has 3 heterocycles. The molecule has 5 rings (SSSR count). The molecule has 3 aliphatic heterocycles. The summed E-state index contributed by atoms with van der Waals surface area (Å²) in [5.41, 5.74) is -0.248. The van der Waals surface area contributed by atoms with E-state index in [1.165, 1.54) is 7.11 Å². The topological polar surface area (TPSA) is 104 Å². The molecule has 1 spiro atoms. The first kappa shape index (κ1) is 24.9. The number of fused-ring (bicyclic) bond motifs is 3. The van der Waals surface area contributed by atoms with Crippen molar-refractivity contribution in [3.8, 4) is 11.5 Å². The zero-order valence-electron chi connectivity index (χ0n) is 21.4. The van der Waals surface area contributed by atoms with Gasteiger partial charge in [-0.05, 0) is 61.1 Å². The van der Waals surface area contributed by atoms with Gasteiger partial charge in [-0.25, -0.2) is 4.79 Å². The fourth-order valence-corrected chi connectivity index (χ4v) is 6.39. The van der Waals surface area contributed by atoms with Gasteiger partial charge in [-0.15, -0.1) is 0 Å². The maximum Gasteiger partial charge on any atom is 0.339 e. The Bertz CT molecular complexity index is 1090. The van der Waals surface area contributed by atoms with E-state index in [9.17, 15) is 14.7 Å². The molecular weight excluding hydrogens is 466 g/mol. The predicted octanol–water partition coefficient (Wildman–Crippen LogP) is 2.69. The standard InChI is InChI=1S/C27H35NO8/c1-5-16(2)27(31,14-22(29)33-4)25(30)36-24-21(32-3)13-26-8-6-9-28(26)10-7-17-11-19-20(35-15-34-19)12-18(17)23(24)26/h11-13,16,23-24,31H,5-10,14-15H2,1-4H3. The van der Waals surface area contributed by atoms with Crippen molar-refractivity contribution in [3.63, 3.8) is 0 Å². The second-order valence-corrected chi connectivity index (χ2v) is 10.3. The Balaban J connectivity index is 1.57. The summed E-state index contributed by atoms with van der Waals surface area (Å²) in [5, 5.41) is 11.4. The molecule has 36 heavy (non-hydrogen) atoms. The summed E-state index contributed by atoms with van der Waals surface area (Å²) in [5.74, 6) is -0.347. The molecule has 5 atom stereocenters. The van der Waals surface area contributed by atoms with E-state index in [0.717, 1.165) is 49.2 Å². The average Bonchev–Trinajstić information content (AvgIpc) is 3.56. The third kappa shape index (κ3) is 3.75. The van der Waals surface area contributed by atoms with E-state index in [2.05, 4.69) is 11.0 Å². The molecule has 0 saturated carbocycles. The van der Waals surface area contributed by atoms with Gasteiger partial charge in [-0.1, -0.05) is 20.3 Å². The molecule has 4 aliphatic rings. The van der Waals surface area contributed by atoms with Gasteiger partial charge >= 0.3 is 11.9 Å². The lowest BCUT2D eigenvalue weighted by molar-refractivity contribution is -0.183. The van der Waals surface area contributed by atoms with E-state index in [4.69, 9.17) is 23.7 Å². The second-order valence-electron chi connectivity index (χ2n) is 10.3. The highest BCUT2D eigenvalue weighted by molar-refractivity contribution is 5.86. The number of carbonyl (C=O) groups is 2. The van der Waals surface area contributed by atoms with Gasteiger partial charge in [0, 0.05) is 6.54 Å². The summed E-state index contributed by atoms with van der Waals surface area (Å²) < 4.78 is 28.1. The van der Waals surface area contributed by atoms with Crippen LogP contribution in [0.5, 0.6) is 11.5 Å². The van der Waals surface area contributed by atoms with E-state index in [0.29, 0.717) is 17.9 Å². The van der Waals surface area contributed by atoms with Gasteiger partial charge in [-0.3, -0.25) is 9.69 Å². The Morgan fingerprint density at radius 1 is 1.25 bits per heavy atom. The Morgan fingerprint density at radius 2 is 2.00 bits per heavy atom. The summed E-state index contributed by atoms with van der Waals surface area (Å²) in [6.07, 6.45) is 4.08. The molecule has 1 aromatic carbocycles. The van der Waals surface area contributed by atoms with Crippen LogP contribution in [0.1, 0.15) is 56.6 Å². The predicted molar refractivity (Wildman–Crippen MR) is 129 cm³/mol. The van der Waals surface area contributed by atoms with Gasteiger partial charge in [0.05, 0.1) is 32.1 Å². The molecule has 5 unspecified atom stereocenters. The number of aliphatic hydroxyl groups is 1. The third-order valence-electron chi connectivity index (χ3n) is 8.62. The molecule has 1 aliphatic carbocycles. The second kappa shape index (κ2) is 9.27. The molecule has 196 valence electrons. The lowest BCUT2D eigenvalue weighted by Crippen LogP contribution is -2.51. The van der Waals surface area contributed by atoms with Crippen molar-refractivity contribution in [1.82, 2.24) is 4.90 Å². The fourth-order valence-electron chi connectivity index (χ4n) is 6.39. The van der Waals surface area contributed by atoms with Crippen LogP contribution in [0.3, 0.4) is 0 Å². The number of ether oxygens (including phenoxy) is 5. The largest absolute Gasteiger partial charge is 0.497 e. The minimum atomic E-state index is -2.02. The van der Waals surface area contributed by atoms with Crippen LogP contribution in [0.15, 0.2) is 24.0 Å². The number of hydrogen-bond acceptors (Lipinski definition) is 9. The zero-order valence-corrected chi connectivity index (χ0v) is 21.4. The molecule has 0 bridgehead atoms. The maximum atomic E-state index is 13.7. The number of nitrogens with zero attached hydrogens (tertiary/aromatic N) is 1. The SMILES string of the molecule is CCC(C)C(O)(CC(=O)OC)C(=O)OC1C(OC)=CC23CCCN2CCc2cc4c(cc2C13)OCO4. The van der Waals surface area contributed by atoms with Crippen molar-refractivity contribution >= 4 is 11.9 Å². The van der Waals surface area contributed by atoms with E-state index in [1.807, 2.05) is 19.1 Å². The molecular formula is C27H35NO8. The van der Waals surface area contributed by atoms with Crippen LogP contribution in [0.4, 0.5) is 0 Å². The van der Waals surface area contributed by atoms with Crippen molar-refractivity contribution in [3.05, 3.63) is 35.1 Å². The van der Waals surface area contributed by atoms with E-state index >= 15 is 0 Å². The lowest BCUT2D eigenvalue weighted by Gasteiger charge is -2.40. The van der Waals surface area contributed by atoms with Crippen LogP contribution in [-0.4, -0.2) is 73.3 Å². The van der Waals surface area contributed by atoms with Crippen LogP contribution in [0.2, 0.25) is 0 Å². The van der Waals surface area contributed by atoms with Crippen LogP contribution in [0, 0.1) is 5.92 Å². The molecule has 0 radical (unpaired) electrons. The lowest BCUT2D eigenvalue weighted by atomic mass is 9.77. The van der Waals surface area contributed by atoms with Crippen molar-refractivity contribution in [2.45, 2.75) is 69.1 Å². The molecule has 1 N–H and O–H groups in total.